The molecule has 0 radical (unpaired) electrons. The fourth-order valence-electron chi connectivity index (χ4n) is 3.28. The number of hydrogen-bond acceptors (Lipinski definition) is 3. The fraction of sp³-hybridized carbons (Fsp3) is 0.150. The van der Waals surface area contributed by atoms with Crippen LogP contribution in [0.3, 0.4) is 0 Å². The molecule has 0 bridgehead atoms. The third-order valence-corrected chi connectivity index (χ3v) is 4.43. The number of ether oxygens (including phenoxy) is 1. The zero-order chi connectivity index (χ0) is 16.0. The quantitative estimate of drug-likeness (QED) is 0.539. The van der Waals surface area contributed by atoms with Crippen molar-refractivity contribution < 1.29 is 14.6 Å². The van der Waals surface area contributed by atoms with Crippen molar-refractivity contribution in [1.82, 2.24) is 0 Å². The summed E-state index contributed by atoms with van der Waals surface area (Å²) in [6, 6.07) is 17.3. The van der Waals surface area contributed by atoms with Crippen LogP contribution in [0.1, 0.15) is 29.0 Å². The van der Waals surface area contributed by atoms with Gasteiger partial charge in [0.2, 0.25) is 0 Å². The molecule has 23 heavy (non-hydrogen) atoms. The lowest BCUT2D eigenvalue weighted by Crippen LogP contribution is -2.21. The van der Waals surface area contributed by atoms with Crippen molar-refractivity contribution in [3.05, 3.63) is 71.3 Å². The van der Waals surface area contributed by atoms with Gasteiger partial charge in [-0.05, 0) is 41.5 Å². The highest BCUT2D eigenvalue weighted by Crippen LogP contribution is 2.43. The predicted molar refractivity (Wildman–Crippen MR) is 88.9 cm³/mol. The van der Waals surface area contributed by atoms with Gasteiger partial charge in [-0.3, -0.25) is 4.79 Å². The molecule has 3 heteroatoms. The first-order chi connectivity index (χ1) is 11.1. The molecule has 0 saturated heterocycles. The van der Waals surface area contributed by atoms with E-state index in [9.17, 15) is 9.90 Å². The third kappa shape index (κ3) is 2.34. The molecule has 3 aromatic carbocycles. The first-order valence-electron chi connectivity index (χ1n) is 7.65. The Balaban J connectivity index is 1.98. The lowest BCUT2D eigenvalue weighted by atomic mass is 9.83. The number of phenolic OH excluding ortho intramolecular Hbond substituents is 1. The van der Waals surface area contributed by atoms with Crippen LogP contribution in [0, 0.1) is 6.92 Å². The van der Waals surface area contributed by atoms with Crippen LogP contribution in [0.4, 0.5) is 0 Å². The summed E-state index contributed by atoms with van der Waals surface area (Å²) in [5.74, 6) is 0.523. The number of esters is 1. The number of phenols is 1. The minimum Gasteiger partial charge on any atom is -0.508 e. The standard InChI is InChI=1S/C20H16O3/c1-12-2-4-13(5-3-12)17-11-19(22)23-18-9-7-14-6-8-15(21)10-16(14)20(17)18/h2-10,17,21H,11H2,1H3. The van der Waals surface area contributed by atoms with Gasteiger partial charge in [-0.1, -0.05) is 42.0 Å². The van der Waals surface area contributed by atoms with Crippen LogP contribution in [-0.4, -0.2) is 11.1 Å². The van der Waals surface area contributed by atoms with Crippen molar-refractivity contribution >= 4 is 16.7 Å². The number of rotatable bonds is 1. The van der Waals surface area contributed by atoms with Gasteiger partial charge in [-0.15, -0.1) is 0 Å². The zero-order valence-electron chi connectivity index (χ0n) is 12.7. The summed E-state index contributed by atoms with van der Waals surface area (Å²) in [5, 5.41) is 11.8. The monoisotopic (exact) mass is 304 g/mol. The minimum atomic E-state index is -0.220. The molecule has 0 spiro atoms. The molecule has 0 aliphatic carbocycles. The Kier molecular flexibility index (Phi) is 3.08. The Morgan fingerprint density at radius 2 is 1.78 bits per heavy atom. The Hall–Kier alpha value is -2.81. The van der Waals surface area contributed by atoms with E-state index in [4.69, 9.17) is 4.74 Å². The van der Waals surface area contributed by atoms with E-state index in [1.807, 2.05) is 25.1 Å². The second-order valence-electron chi connectivity index (χ2n) is 6.02. The van der Waals surface area contributed by atoms with Crippen LogP contribution in [0.15, 0.2) is 54.6 Å². The highest BCUT2D eigenvalue weighted by molar-refractivity contribution is 5.93. The molecule has 0 amide bonds. The summed E-state index contributed by atoms with van der Waals surface area (Å²) in [6.07, 6.45) is 0.310. The number of benzene rings is 3. The van der Waals surface area contributed by atoms with Crippen LogP contribution in [0.25, 0.3) is 10.8 Å². The van der Waals surface area contributed by atoms with Gasteiger partial charge < -0.3 is 9.84 Å². The molecule has 4 rings (SSSR count). The lowest BCUT2D eigenvalue weighted by molar-refractivity contribution is -0.135. The van der Waals surface area contributed by atoms with Gasteiger partial charge in [0.1, 0.15) is 11.5 Å². The van der Waals surface area contributed by atoms with E-state index in [-0.39, 0.29) is 17.6 Å². The zero-order valence-corrected chi connectivity index (χ0v) is 12.7. The van der Waals surface area contributed by atoms with Crippen molar-refractivity contribution in [2.24, 2.45) is 0 Å². The SMILES string of the molecule is Cc1ccc(C2CC(=O)Oc3ccc4ccc(O)cc4c32)cc1. The number of aryl methyl sites for hydroxylation is 1. The molecular formula is C20H16O3. The van der Waals surface area contributed by atoms with Crippen LogP contribution in [-0.2, 0) is 4.79 Å². The highest BCUT2D eigenvalue weighted by Gasteiger charge is 2.30. The summed E-state index contributed by atoms with van der Waals surface area (Å²) in [7, 11) is 0. The minimum absolute atomic E-state index is 0.0580. The van der Waals surface area contributed by atoms with E-state index in [0.717, 1.165) is 21.9 Å². The maximum atomic E-state index is 12.0. The average Bonchev–Trinajstić information content (AvgIpc) is 2.54. The van der Waals surface area contributed by atoms with Gasteiger partial charge in [0, 0.05) is 11.5 Å². The Bertz CT molecular complexity index is 910. The average molecular weight is 304 g/mol. The van der Waals surface area contributed by atoms with Crippen molar-refractivity contribution in [2.45, 2.75) is 19.3 Å². The smallest absolute Gasteiger partial charge is 0.312 e. The van der Waals surface area contributed by atoms with E-state index in [0.29, 0.717) is 12.2 Å². The molecule has 1 unspecified atom stereocenters. The van der Waals surface area contributed by atoms with Crippen LogP contribution in [0.2, 0.25) is 0 Å². The second kappa shape index (κ2) is 5.13. The van der Waals surface area contributed by atoms with Crippen molar-refractivity contribution in [2.75, 3.05) is 0 Å². The normalized spacial score (nSPS) is 16.9. The van der Waals surface area contributed by atoms with E-state index in [2.05, 4.69) is 24.3 Å². The van der Waals surface area contributed by atoms with Gasteiger partial charge >= 0.3 is 5.97 Å². The second-order valence-corrected chi connectivity index (χ2v) is 6.02. The summed E-state index contributed by atoms with van der Waals surface area (Å²) in [4.78, 5) is 12.0. The lowest BCUT2D eigenvalue weighted by Gasteiger charge is -2.26. The molecule has 1 atom stereocenters. The van der Waals surface area contributed by atoms with Gasteiger partial charge in [0.15, 0.2) is 0 Å². The van der Waals surface area contributed by atoms with Crippen LogP contribution >= 0.6 is 0 Å². The van der Waals surface area contributed by atoms with Gasteiger partial charge in [-0.2, -0.15) is 0 Å². The molecule has 1 heterocycles. The van der Waals surface area contributed by atoms with Crippen LogP contribution in [0.5, 0.6) is 11.5 Å². The molecule has 0 aromatic heterocycles. The molecule has 114 valence electrons. The molecule has 0 saturated carbocycles. The summed E-state index contributed by atoms with van der Waals surface area (Å²) in [5.41, 5.74) is 3.24. The first-order valence-corrected chi connectivity index (χ1v) is 7.65. The summed E-state index contributed by atoms with van der Waals surface area (Å²) < 4.78 is 5.43. The van der Waals surface area contributed by atoms with Crippen molar-refractivity contribution in [1.29, 1.82) is 0 Å². The van der Waals surface area contributed by atoms with E-state index >= 15 is 0 Å². The van der Waals surface area contributed by atoms with Gasteiger partial charge in [0.05, 0.1) is 6.42 Å². The molecule has 1 aliphatic heterocycles. The van der Waals surface area contributed by atoms with E-state index in [1.165, 1.54) is 5.56 Å². The molecule has 0 fully saturated rings. The van der Waals surface area contributed by atoms with E-state index < -0.39 is 0 Å². The van der Waals surface area contributed by atoms with Crippen LogP contribution < -0.4 is 4.74 Å². The van der Waals surface area contributed by atoms with Gasteiger partial charge in [0.25, 0.3) is 0 Å². The highest BCUT2D eigenvalue weighted by atomic mass is 16.5. The fourth-order valence-corrected chi connectivity index (χ4v) is 3.28. The number of aromatic hydroxyl groups is 1. The Morgan fingerprint density at radius 3 is 2.57 bits per heavy atom. The number of carbonyl (C=O) groups excluding carboxylic acids is 1. The predicted octanol–water partition coefficient (Wildman–Crippen LogP) is 4.29. The topological polar surface area (TPSA) is 46.5 Å². The number of fused-ring (bicyclic) bond motifs is 3. The molecule has 1 N–H and O–H groups in total. The first kappa shape index (κ1) is 13.8. The van der Waals surface area contributed by atoms with Gasteiger partial charge in [-0.25, -0.2) is 0 Å². The molecule has 3 aromatic rings. The van der Waals surface area contributed by atoms with Crippen molar-refractivity contribution in [3.8, 4) is 11.5 Å². The number of hydrogen-bond donors (Lipinski definition) is 1. The third-order valence-electron chi connectivity index (χ3n) is 4.43. The maximum Gasteiger partial charge on any atom is 0.312 e. The molecule has 3 nitrogen and oxygen atoms in total. The molecule has 1 aliphatic rings. The Morgan fingerprint density at radius 1 is 1.04 bits per heavy atom. The maximum absolute atomic E-state index is 12.0. The summed E-state index contributed by atoms with van der Waals surface area (Å²) >= 11 is 0. The Labute approximate surface area is 134 Å². The number of carbonyl (C=O) groups is 1. The molecular weight excluding hydrogens is 288 g/mol. The van der Waals surface area contributed by atoms with Crippen molar-refractivity contribution in [3.63, 3.8) is 0 Å². The largest absolute Gasteiger partial charge is 0.508 e. The summed E-state index contributed by atoms with van der Waals surface area (Å²) in [6.45, 7) is 2.04. The van der Waals surface area contributed by atoms with E-state index in [1.54, 1.807) is 12.1 Å².